The van der Waals surface area contributed by atoms with Crippen molar-refractivity contribution in [3.8, 4) is 11.6 Å². The van der Waals surface area contributed by atoms with E-state index in [9.17, 15) is 4.79 Å². The van der Waals surface area contributed by atoms with Crippen LogP contribution < -0.4 is 5.32 Å². The second-order valence-corrected chi connectivity index (χ2v) is 6.59. The van der Waals surface area contributed by atoms with Crippen molar-refractivity contribution in [2.45, 2.75) is 24.0 Å². The van der Waals surface area contributed by atoms with Gasteiger partial charge in [0.05, 0.1) is 5.75 Å². The molecule has 1 aliphatic rings. The highest BCUT2D eigenvalue weighted by molar-refractivity contribution is 7.99. The molecule has 0 saturated heterocycles. The Kier molecular flexibility index (Phi) is 3.57. The summed E-state index contributed by atoms with van der Waals surface area (Å²) in [6, 6.07) is 10.2. The molecular weight excluding hydrogens is 312 g/mol. The van der Waals surface area contributed by atoms with Gasteiger partial charge in [0.2, 0.25) is 5.91 Å². The molecule has 0 aliphatic heterocycles. The highest BCUT2D eigenvalue weighted by atomic mass is 32.2. The summed E-state index contributed by atoms with van der Waals surface area (Å²) in [7, 11) is 1.88. The van der Waals surface area contributed by atoms with E-state index in [0.29, 0.717) is 28.5 Å². The van der Waals surface area contributed by atoms with Gasteiger partial charge in [-0.15, -0.1) is 10.2 Å². The molecule has 2 aromatic heterocycles. The molecule has 1 amide bonds. The third kappa shape index (κ3) is 2.96. The van der Waals surface area contributed by atoms with Crippen LogP contribution in [0.5, 0.6) is 0 Å². The highest BCUT2D eigenvalue weighted by Gasteiger charge is 2.23. The Labute approximate surface area is 137 Å². The van der Waals surface area contributed by atoms with E-state index in [-0.39, 0.29) is 5.91 Å². The molecule has 7 heteroatoms. The maximum atomic E-state index is 11.8. The van der Waals surface area contributed by atoms with Crippen molar-refractivity contribution in [1.82, 2.24) is 20.1 Å². The van der Waals surface area contributed by atoms with Gasteiger partial charge < -0.3 is 14.3 Å². The van der Waals surface area contributed by atoms with Gasteiger partial charge in [0, 0.05) is 18.5 Å². The molecule has 23 heavy (non-hydrogen) atoms. The van der Waals surface area contributed by atoms with Crippen LogP contribution in [0, 0.1) is 0 Å². The van der Waals surface area contributed by atoms with E-state index in [2.05, 4.69) is 15.5 Å². The Hall–Kier alpha value is -2.28. The summed E-state index contributed by atoms with van der Waals surface area (Å²) in [5, 5.41) is 13.1. The lowest BCUT2D eigenvalue weighted by Gasteiger charge is -2.03. The van der Waals surface area contributed by atoms with Gasteiger partial charge in [-0.2, -0.15) is 0 Å². The van der Waals surface area contributed by atoms with Gasteiger partial charge in [0.15, 0.2) is 16.7 Å². The summed E-state index contributed by atoms with van der Waals surface area (Å²) in [6.07, 6.45) is 2.19. The van der Waals surface area contributed by atoms with Crippen molar-refractivity contribution in [3.63, 3.8) is 0 Å². The minimum absolute atomic E-state index is 0.0470. The van der Waals surface area contributed by atoms with Gasteiger partial charge in [-0.05, 0) is 25.0 Å². The number of carbonyl (C=O) groups is 1. The quantitative estimate of drug-likeness (QED) is 0.729. The van der Waals surface area contributed by atoms with E-state index in [1.54, 1.807) is 0 Å². The number of nitrogens with zero attached hydrogens (tertiary/aromatic N) is 3. The lowest BCUT2D eigenvalue weighted by Crippen LogP contribution is -2.27. The van der Waals surface area contributed by atoms with Crippen LogP contribution in [0.4, 0.5) is 0 Å². The fourth-order valence-corrected chi connectivity index (χ4v) is 3.10. The monoisotopic (exact) mass is 328 g/mol. The van der Waals surface area contributed by atoms with E-state index in [4.69, 9.17) is 4.42 Å². The standard InChI is InChI=1S/C16H16N4O2S/c1-20-15(13-8-10-4-2-3-5-12(10)22-13)18-19-16(20)23-9-14(21)17-11-6-7-11/h2-5,8,11H,6-7,9H2,1H3,(H,17,21). The summed E-state index contributed by atoms with van der Waals surface area (Å²) >= 11 is 1.38. The van der Waals surface area contributed by atoms with E-state index < -0.39 is 0 Å². The Balaban J connectivity index is 1.51. The van der Waals surface area contributed by atoms with Crippen LogP contribution in [-0.2, 0) is 11.8 Å². The minimum atomic E-state index is 0.0470. The molecule has 4 rings (SSSR count). The van der Waals surface area contributed by atoms with Gasteiger partial charge >= 0.3 is 0 Å². The summed E-state index contributed by atoms with van der Waals surface area (Å²) in [4.78, 5) is 11.8. The summed E-state index contributed by atoms with van der Waals surface area (Å²) in [5.41, 5.74) is 0.823. The van der Waals surface area contributed by atoms with Crippen molar-refractivity contribution < 1.29 is 9.21 Å². The van der Waals surface area contributed by atoms with Crippen molar-refractivity contribution in [3.05, 3.63) is 30.3 Å². The predicted octanol–water partition coefficient (Wildman–Crippen LogP) is 2.60. The van der Waals surface area contributed by atoms with E-state index in [1.807, 2.05) is 41.9 Å². The lowest BCUT2D eigenvalue weighted by atomic mass is 10.2. The van der Waals surface area contributed by atoms with E-state index >= 15 is 0 Å². The number of fused-ring (bicyclic) bond motifs is 1. The zero-order valence-electron chi connectivity index (χ0n) is 12.7. The number of hydrogen-bond donors (Lipinski definition) is 1. The number of hydrogen-bond acceptors (Lipinski definition) is 5. The fraction of sp³-hybridized carbons (Fsp3) is 0.312. The molecule has 3 aromatic rings. The van der Waals surface area contributed by atoms with Crippen molar-refractivity contribution >= 4 is 28.6 Å². The first kappa shape index (κ1) is 14.3. The largest absolute Gasteiger partial charge is 0.453 e. The molecular formula is C16H16N4O2S. The number of nitrogens with one attached hydrogen (secondary N) is 1. The molecule has 0 bridgehead atoms. The minimum Gasteiger partial charge on any atom is -0.453 e. The molecule has 1 fully saturated rings. The third-order valence-corrected chi connectivity index (χ3v) is 4.78. The molecule has 0 atom stereocenters. The number of rotatable bonds is 5. The molecule has 1 N–H and O–H groups in total. The van der Waals surface area contributed by atoms with Crippen LogP contribution in [0.3, 0.4) is 0 Å². The maximum Gasteiger partial charge on any atom is 0.230 e. The van der Waals surface area contributed by atoms with Crippen molar-refractivity contribution in [1.29, 1.82) is 0 Å². The van der Waals surface area contributed by atoms with Gasteiger partial charge in [-0.3, -0.25) is 4.79 Å². The van der Waals surface area contributed by atoms with Crippen LogP contribution >= 0.6 is 11.8 Å². The van der Waals surface area contributed by atoms with Gasteiger partial charge in [-0.1, -0.05) is 30.0 Å². The first-order valence-corrected chi connectivity index (χ1v) is 8.50. The number of carbonyl (C=O) groups excluding carboxylic acids is 1. The Morgan fingerprint density at radius 2 is 2.22 bits per heavy atom. The first-order valence-electron chi connectivity index (χ1n) is 7.51. The molecule has 6 nitrogen and oxygen atoms in total. The van der Waals surface area contributed by atoms with Crippen LogP contribution in [0.25, 0.3) is 22.6 Å². The number of amides is 1. The molecule has 0 spiro atoms. The van der Waals surface area contributed by atoms with Crippen molar-refractivity contribution in [2.75, 3.05) is 5.75 Å². The first-order chi connectivity index (χ1) is 11.2. The van der Waals surface area contributed by atoms with E-state index in [1.165, 1.54) is 11.8 Å². The SMILES string of the molecule is Cn1c(SCC(=O)NC2CC2)nnc1-c1cc2ccccc2o1. The second kappa shape index (κ2) is 5.73. The number of aromatic nitrogens is 3. The Morgan fingerprint density at radius 3 is 3.00 bits per heavy atom. The molecule has 118 valence electrons. The van der Waals surface area contributed by atoms with Gasteiger partial charge in [0.1, 0.15) is 5.58 Å². The molecule has 0 unspecified atom stereocenters. The number of furan rings is 1. The highest BCUT2D eigenvalue weighted by Crippen LogP contribution is 2.28. The Morgan fingerprint density at radius 1 is 1.39 bits per heavy atom. The van der Waals surface area contributed by atoms with Crippen LogP contribution in [0.15, 0.2) is 39.9 Å². The molecule has 1 aliphatic carbocycles. The number of thioether (sulfide) groups is 1. The van der Waals surface area contributed by atoms with Crippen LogP contribution in [0.2, 0.25) is 0 Å². The zero-order chi connectivity index (χ0) is 15.8. The fourth-order valence-electron chi connectivity index (χ4n) is 2.37. The van der Waals surface area contributed by atoms with Gasteiger partial charge in [-0.25, -0.2) is 0 Å². The summed E-state index contributed by atoms with van der Waals surface area (Å²) < 4.78 is 7.68. The third-order valence-electron chi connectivity index (χ3n) is 3.76. The van der Waals surface area contributed by atoms with Gasteiger partial charge in [0.25, 0.3) is 0 Å². The maximum absolute atomic E-state index is 11.8. The smallest absolute Gasteiger partial charge is 0.230 e. The average molecular weight is 328 g/mol. The van der Waals surface area contributed by atoms with Crippen LogP contribution in [0.1, 0.15) is 12.8 Å². The summed E-state index contributed by atoms with van der Waals surface area (Å²) in [6.45, 7) is 0. The number of benzene rings is 1. The topological polar surface area (TPSA) is 73.0 Å². The molecule has 1 aromatic carbocycles. The molecule has 0 radical (unpaired) electrons. The molecule has 2 heterocycles. The molecule has 1 saturated carbocycles. The van der Waals surface area contributed by atoms with E-state index in [0.717, 1.165) is 23.8 Å². The lowest BCUT2D eigenvalue weighted by molar-refractivity contribution is -0.118. The zero-order valence-corrected chi connectivity index (χ0v) is 13.5. The number of para-hydroxylation sites is 1. The summed E-state index contributed by atoms with van der Waals surface area (Å²) in [5.74, 6) is 1.73. The second-order valence-electron chi connectivity index (χ2n) is 5.64. The predicted molar refractivity (Wildman–Crippen MR) is 88.1 cm³/mol. The van der Waals surface area contributed by atoms with Crippen molar-refractivity contribution in [2.24, 2.45) is 7.05 Å². The average Bonchev–Trinajstić information content (AvgIpc) is 3.12. The van der Waals surface area contributed by atoms with Crippen LogP contribution in [-0.4, -0.2) is 32.5 Å². The Bertz CT molecular complexity index is 833. The normalized spacial score (nSPS) is 14.3.